The van der Waals surface area contributed by atoms with Gasteiger partial charge < -0.3 is 5.73 Å². The lowest BCUT2D eigenvalue weighted by atomic mass is 10.2. The monoisotopic (exact) mass is 287 g/mol. The summed E-state index contributed by atoms with van der Waals surface area (Å²) in [5, 5.41) is 0. The van der Waals surface area contributed by atoms with Crippen LogP contribution in [-0.2, 0) is 0 Å². The van der Waals surface area contributed by atoms with Crippen LogP contribution in [0.4, 0.5) is 5.69 Å². The SMILES string of the molecule is Nc1ccc(-c2ncc3cccc(Br)n23)cc1. The molecular formula is C13H10BrN3. The summed E-state index contributed by atoms with van der Waals surface area (Å²) < 4.78 is 3.05. The number of nitrogens with zero attached hydrogens (tertiary/aromatic N) is 2. The van der Waals surface area contributed by atoms with Gasteiger partial charge in [0.15, 0.2) is 0 Å². The number of anilines is 1. The summed E-state index contributed by atoms with van der Waals surface area (Å²) >= 11 is 3.54. The van der Waals surface area contributed by atoms with E-state index < -0.39 is 0 Å². The molecule has 0 atom stereocenters. The van der Waals surface area contributed by atoms with Crippen molar-refractivity contribution in [2.75, 3.05) is 5.73 Å². The fourth-order valence-electron chi connectivity index (χ4n) is 1.84. The number of hydrogen-bond acceptors (Lipinski definition) is 2. The van der Waals surface area contributed by atoms with E-state index in [-0.39, 0.29) is 0 Å². The molecule has 0 aliphatic rings. The molecule has 0 amide bonds. The zero-order valence-corrected chi connectivity index (χ0v) is 10.6. The molecule has 3 nitrogen and oxygen atoms in total. The van der Waals surface area contributed by atoms with Crippen LogP contribution >= 0.6 is 15.9 Å². The first-order valence-corrected chi connectivity index (χ1v) is 6.03. The molecule has 17 heavy (non-hydrogen) atoms. The van der Waals surface area contributed by atoms with Crippen LogP contribution in [0.15, 0.2) is 53.3 Å². The van der Waals surface area contributed by atoms with Crippen LogP contribution in [0.2, 0.25) is 0 Å². The van der Waals surface area contributed by atoms with Crippen molar-refractivity contribution in [3.63, 3.8) is 0 Å². The lowest BCUT2D eigenvalue weighted by Crippen LogP contribution is -1.91. The smallest absolute Gasteiger partial charge is 0.145 e. The van der Waals surface area contributed by atoms with Gasteiger partial charge in [-0.25, -0.2) is 4.98 Å². The quantitative estimate of drug-likeness (QED) is 0.551. The van der Waals surface area contributed by atoms with Crippen molar-refractivity contribution in [2.45, 2.75) is 0 Å². The Hall–Kier alpha value is -1.81. The van der Waals surface area contributed by atoms with Crippen molar-refractivity contribution in [1.29, 1.82) is 0 Å². The van der Waals surface area contributed by atoms with E-state index in [2.05, 4.69) is 25.3 Å². The first-order valence-electron chi connectivity index (χ1n) is 5.23. The van der Waals surface area contributed by atoms with Gasteiger partial charge in [0, 0.05) is 11.3 Å². The molecule has 84 valence electrons. The highest BCUT2D eigenvalue weighted by atomic mass is 79.9. The van der Waals surface area contributed by atoms with Crippen LogP contribution in [-0.4, -0.2) is 9.38 Å². The molecular weight excluding hydrogens is 278 g/mol. The molecule has 2 N–H and O–H groups in total. The molecule has 0 aliphatic carbocycles. The van der Waals surface area contributed by atoms with Gasteiger partial charge in [0.25, 0.3) is 0 Å². The highest BCUT2D eigenvalue weighted by Crippen LogP contribution is 2.24. The van der Waals surface area contributed by atoms with Crippen molar-refractivity contribution in [2.24, 2.45) is 0 Å². The number of imidazole rings is 1. The van der Waals surface area contributed by atoms with E-state index in [9.17, 15) is 0 Å². The zero-order chi connectivity index (χ0) is 11.8. The molecule has 3 aromatic rings. The number of fused-ring (bicyclic) bond motifs is 1. The molecule has 0 spiro atoms. The summed E-state index contributed by atoms with van der Waals surface area (Å²) in [5.74, 6) is 0.910. The second-order valence-electron chi connectivity index (χ2n) is 3.81. The normalized spacial score (nSPS) is 10.9. The average Bonchev–Trinajstić information content (AvgIpc) is 2.75. The van der Waals surface area contributed by atoms with Gasteiger partial charge in [0.1, 0.15) is 5.82 Å². The first kappa shape index (κ1) is 10.4. The minimum absolute atomic E-state index is 0.758. The van der Waals surface area contributed by atoms with Crippen molar-refractivity contribution in [1.82, 2.24) is 9.38 Å². The van der Waals surface area contributed by atoms with Crippen LogP contribution in [0, 0.1) is 0 Å². The maximum absolute atomic E-state index is 5.69. The number of halogens is 1. The predicted molar refractivity (Wildman–Crippen MR) is 72.7 cm³/mol. The van der Waals surface area contributed by atoms with Gasteiger partial charge >= 0.3 is 0 Å². The van der Waals surface area contributed by atoms with E-state index in [1.165, 1.54) is 0 Å². The van der Waals surface area contributed by atoms with E-state index >= 15 is 0 Å². The molecule has 3 rings (SSSR count). The standard InChI is InChI=1S/C13H10BrN3/c14-12-3-1-2-11-8-16-13(17(11)12)9-4-6-10(15)7-5-9/h1-8H,15H2. The Morgan fingerprint density at radius 1 is 1.06 bits per heavy atom. The summed E-state index contributed by atoms with van der Waals surface area (Å²) in [4.78, 5) is 4.45. The van der Waals surface area contributed by atoms with Crippen molar-refractivity contribution in [3.05, 3.63) is 53.3 Å². The van der Waals surface area contributed by atoms with E-state index in [0.717, 1.165) is 27.2 Å². The van der Waals surface area contributed by atoms with Crippen LogP contribution in [0.5, 0.6) is 0 Å². The molecule has 0 bridgehead atoms. The first-order chi connectivity index (χ1) is 8.25. The van der Waals surface area contributed by atoms with Gasteiger partial charge in [-0.3, -0.25) is 4.40 Å². The third kappa shape index (κ3) is 1.70. The molecule has 2 heterocycles. The van der Waals surface area contributed by atoms with Gasteiger partial charge in [-0.05, 0) is 52.3 Å². The maximum Gasteiger partial charge on any atom is 0.145 e. The largest absolute Gasteiger partial charge is 0.399 e. The Bertz CT molecular complexity index is 671. The number of nitrogens with two attached hydrogens (primary N) is 1. The Morgan fingerprint density at radius 2 is 1.82 bits per heavy atom. The van der Waals surface area contributed by atoms with Crippen molar-refractivity contribution in [3.8, 4) is 11.4 Å². The van der Waals surface area contributed by atoms with E-state index in [1.807, 2.05) is 48.7 Å². The van der Waals surface area contributed by atoms with E-state index in [4.69, 9.17) is 5.73 Å². The summed E-state index contributed by atoms with van der Waals surface area (Å²) in [6, 6.07) is 13.7. The van der Waals surface area contributed by atoms with Gasteiger partial charge in [-0.1, -0.05) is 6.07 Å². The van der Waals surface area contributed by atoms with Gasteiger partial charge in [-0.2, -0.15) is 0 Å². The van der Waals surface area contributed by atoms with E-state index in [1.54, 1.807) is 0 Å². The van der Waals surface area contributed by atoms with Crippen LogP contribution in [0.3, 0.4) is 0 Å². The summed E-state index contributed by atoms with van der Waals surface area (Å²) in [7, 11) is 0. The highest BCUT2D eigenvalue weighted by molar-refractivity contribution is 9.10. The van der Waals surface area contributed by atoms with E-state index in [0.29, 0.717) is 0 Å². The topological polar surface area (TPSA) is 43.3 Å². The van der Waals surface area contributed by atoms with Gasteiger partial charge in [0.2, 0.25) is 0 Å². The van der Waals surface area contributed by atoms with Gasteiger partial charge in [0.05, 0.1) is 16.3 Å². The predicted octanol–water partition coefficient (Wildman–Crippen LogP) is 3.35. The van der Waals surface area contributed by atoms with Crippen LogP contribution < -0.4 is 5.73 Å². The fourth-order valence-corrected chi connectivity index (χ4v) is 2.37. The van der Waals surface area contributed by atoms with Crippen LogP contribution in [0.1, 0.15) is 0 Å². The Kier molecular flexibility index (Phi) is 2.37. The minimum Gasteiger partial charge on any atom is -0.399 e. The lowest BCUT2D eigenvalue weighted by molar-refractivity contribution is 1.13. The second-order valence-corrected chi connectivity index (χ2v) is 4.63. The fraction of sp³-hybridized carbons (Fsp3) is 0. The summed E-state index contributed by atoms with van der Waals surface area (Å²) in [5.41, 5.74) is 8.55. The van der Waals surface area contributed by atoms with Crippen LogP contribution in [0.25, 0.3) is 16.9 Å². The number of aromatic nitrogens is 2. The Morgan fingerprint density at radius 3 is 2.59 bits per heavy atom. The molecule has 1 aromatic carbocycles. The average molecular weight is 288 g/mol. The lowest BCUT2D eigenvalue weighted by Gasteiger charge is -2.04. The van der Waals surface area contributed by atoms with Gasteiger partial charge in [-0.15, -0.1) is 0 Å². The third-order valence-electron chi connectivity index (χ3n) is 2.67. The molecule has 4 heteroatoms. The number of pyridine rings is 1. The minimum atomic E-state index is 0.758. The Balaban J connectivity index is 2.27. The highest BCUT2D eigenvalue weighted by Gasteiger charge is 2.07. The molecule has 2 aromatic heterocycles. The van der Waals surface area contributed by atoms with Crippen molar-refractivity contribution < 1.29 is 0 Å². The third-order valence-corrected chi connectivity index (χ3v) is 3.29. The molecule has 0 unspecified atom stereocenters. The molecule has 0 aliphatic heterocycles. The zero-order valence-electron chi connectivity index (χ0n) is 8.97. The number of benzene rings is 1. The molecule has 0 fully saturated rings. The molecule has 0 saturated heterocycles. The number of nitrogen functional groups attached to an aromatic ring is 1. The molecule has 0 radical (unpaired) electrons. The van der Waals surface area contributed by atoms with Crippen molar-refractivity contribution >= 4 is 27.1 Å². The Labute approximate surface area is 107 Å². The number of hydrogen-bond donors (Lipinski definition) is 1. The second kappa shape index (κ2) is 3.89. The summed E-state index contributed by atoms with van der Waals surface area (Å²) in [6.07, 6.45) is 1.86. The number of rotatable bonds is 1. The molecule has 0 saturated carbocycles. The summed E-state index contributed by atoms with van der Waals surface area (Å²) in [6.45, 7) is 0. The maximum atomic E-state index is 5.69.